The summed E-state index contributed by atoms with van der Waals surface area (Å²) < 4.78 is 42.3. The Morgan fingerprint density at radius 1 is 0.969 bits per heavy atom. The second-order valence-corrected chi connectivity index (χ2v) is 9.02. The zero-order chi connectivity index (χ0) is 22.9. The maximum absolute atomic E-state index is 14.0. The zero-order valence-corrected chi connectivity index (χ0v) is 18.4. The number of rotatable bonds is 5. The molecule has 0 saturated heterocycles. The number of benzene rings is 3. The number of carbonyl (C=O) groups excluding carboxylic acids is 1. The molecule has 0 fully saturated rings. The molecule has 1 amide bonds. The normalized spacial score (nSPS) is 11.3. The van der Waals surface area contributed by atoms with Gasteiger partial charge in [0.2, 0.25) is 0 Å². The predicted octanol–water partition coefficient (Wildman–Crippen LogP) is 4.50. The van der Waals surface area contributed by atoms with E-state index in [4.69, 9.17) is 23.2 Å². The van der Waals surface area contributed by atoms with Crippen molar-refractivity contribution in [1.29, 1.82) is 0 Å². The Morgan fingerprint density at radius 2 is 1.66 bits per heavy atom. The van der Waals surface area contributed by atoms with Gasteiger partial charge in [-0.2, -0.15) is 0 Å². The van der Waals surface area contributed by atoms with E-state index < -0.39 is 26.6 Å². The van der Waals surface area contributed by atoms with Gasteiger partial charge in [0.1, 0.15) is 16.4 Å². The molecule has 3 aromatic carbocycles. The molecule has 1 aromatic heterocycles. The molecule has 7 nitrogen and oxygen atoms in total. The molecule has 0 unspecified atom stereocenters. The van der Waals surface area contributed by atoms with Gasteiger partial charge in [-0.1, -0.05) is 70.9 Å². The van der Waals surface area contributed by atoms with E-state index in [9.17, 15) is 17.6 Å². The van der Waals surface area contributed by atoms with Crippen molar-refractivity contribution in [2.75, 3.05) is 0 Å². The van der Waals surface area contributed by atoms with E-state index >= 15 is 0 Å². The Balaban J connectivity index is 1.82. The van der Waals surface area contributed by atoms with Gasteiger partial charge in [0.05, 0.1) is 10.7 Å². The highest BCUT2D eigenvalue weighted by Gasteiger charge is 2.28. The molecule has 32 heavy (non-hydrogen) atoms. The number of carbonyl (C=O) groups is 1. The third kappa shape index (κ3) is 4.22. The lowest BCUT2D eigenvalue weighted by Gasteiger charge is -2.11. The largest absolute Gasteiger partial charge is 0.287 e. The Kier molecular flexibility index (Phi) is 5.96. The number of nitrogens with zero attached hydrogens (tertiary/aromatic N) is 3. The van der Waals surface area contributed by atoms with Crippen LogP contribution in [0, 0.1) is 5.82 Å². The number of aromatic nitrogens is 3. The first kappa shape index (κ1) is 21.9. The smallest absolute Gasteiger partial charge is 0.266 e. The van der Waals surface area contributed by atoms with Crippen molar-refractivity contribution in [3.63, 3.8) is 0 Å². The van der Waals surface area contributed by atoms with Gasteiger partial charge in [-0.15, -0.1) is 5.10 Å². The maximum Gasteiger partial charge on any atom is 0.287 e. The fourth-order valence-electron chi connectivity index (χ4n) is 3.00. The van der Waals surface area contributed by atoms with Gasteiger partial charge in [-0.25, -0.2) is 22.2 Å². The van der Waals surface area contributed by atoms with Gasteiger partial charge in [-0.05, 0) is 30.3 Å². The van der Waals surface area contributed by atoms with Gasteiger partial charge >= 0.3 is 0 Å². The first-order valence-corrected chi connectivity index (χ1v) is 11.3. The predicted molar refractivity (Wildman–Crippen MR) is 118 cm³/mol. The summed E-state index contributed by atoms with van der Waals surface area (Å²) in [6, 6.07) is 18.0. The summed E-state index contributed by atoms with van der Waals surface area (Å²) in [7, 11) is -4.50. The van der Waals surface area contributed by atoms with Gasteiger partial charge < -0.3 is 0 Å². The summed E-state index contributed by atoms with van der Waals surface area (Å²) in [5, 5.41) is 8.53. The van der Waals surface area contributed by atoms with Crippen LogP contribution >= 0.6 is 23.2 Å². The molecule has 11 heteroatoms. The monoisotopic (exact) mass is 490 g/mol. The summed E-state index contributed by atoms with van der Waals surface area (Å²) in [4.78, 5) is 12.3. The molecule has 0 aliphatic rings. The number of amides is 1. The molecule has 0 spiro atoms. The van der Waals surface area contributed by atoms with Gasteiger partial charge in [0.25, 0.3) is 15.9 Å². The number of hydrogen-bond acceptors (Lipinski definition) is 5. The molecule has 162 valence electrons. The van der Waals surface area contributed by atoms with Crippen LogP contribution in [0.15, 0.2) is 77.7 Å². The van der Waals surface area contributed by atoms with E-state index in [1.165, 1.54) is 22.9 Å². The van der Waals surface area contributed by atoms with Gasteiger partial charge in [0, 0.05) is 10.6 Å². The highest BCUT2D eigenvalue weighted by molar-refractivity contribution is 7.90. The quantitative estimate of drug-likeness (QED) is 0.444. The van der Waals surface area contributed by atoms with E-state index in [1.807, 2.05) is 4.72 Å². The minimum atomic E-state index is -4.50. The Hall–Kier alpha value is -3.27. The molecular formula is C21H13Cl2FN4O3S. The van der Waals surface area contributed by atoms with Crippen LogP contribution in [0.5, 0.6) is 0 Å². The standard InChI is InChI=1S/C21H13Cl2FN4O3S/c22-14-10-11-17(15(23)12-14)28-20(13-6-2-1-3-7-13)19(25-27-28)21(29)26-32(30,31)18-9-5-4-8-16(18)24/h1-12H,(H,26,29). The molecule has 0 atom stereocenters. The van der Waals surface area contributed by atoms with Crippen molar-refractivity contribution in [3.8, 4) is 16.9 Å². The van der Waals surface area contributed by atoms with Crippen LogP contribution in [0.4, 0.5) is 4.39 Å². The van der Waals surface area contributed by atoms with Crippen molar-refractivity contribution in [2.45, 2.75) is 4.90 Å². The maximum atomic E-state index is 14.0. The lowest BCUT2D eigenvalue weighted by molar-refractivity contribution is 0.0977. The van der Waals surface area contributed by atoms with Crippen LogP contribution in [-0.4, -0.2) is 29.3 Å². The number of halogens is 3. The van der Waals surface area contributed by atoms with Crippen LogP contribution in [0.25, 0.3) is 16.9 Å². The van der Waals surface area contributed by atoms with E-state index in [0.717, 1.165) is 12.1 Å². The lowest BCUT2D eigenvalue weighted by Crippen LogP contribution is -2.31. The van der Waals surface area contributed by atoms with Crippen molar-refractivity contribution < 1.29 is 17.6 Å². The fourth-order valence-corrected chi connectivity index (χ4v) is 4.52. The summed E-state index contributed by atoms with van der Waals surface area (Å²) in [6.07, 6.45) is 0. The first-order chi connectivity index (χ1) is 15.3. The molecule has 0 aliphatic heterocycles. The minimum absolute atomic E-state index is 0.191. The van der Waals surface area contributed by atoms with Gasteiger partial charge in [0.15, 0.2) is 5.69 Å². The van der Waals surface area contributed by atoms with E-state index in [-0.39, 0.29) is 16.4 Å². The summed E-state index contributed by atoms with van der Waals surface area (Å²) >= 11 is 12.3. The third-order valence-electron chi connectivity index (χ3n) is 4.42. The topological polar surface area (TPSA) is 93.9 Å². The number of nitrogens with one attached hydrogen (secondary N) is 1. The van der Waals surface area contributed by atoms with Crippen LogP contribution < -0.4 is 4.72 Å². The molecule has 0 saturated carbocycles. The fraction of sp³-hybridized carbons (Fsp3) is 0. The molecule has 1 heterocycles. The van der Waals surface area contributed by atoms with Crippen molar-refractivity contribution in [3.05, 3.63) is 94.4 Å². The molecule has 0 bridgehead atoms. The van der Waals surface area contributed by atoms with Crippen LogP contribution in [0.2, 0.25) is 10.0 Å². The summed E-state index contributed by atoms with van der Waals surface area (Å²) in [6.45, 7) is 0. The van der Waals surface area contributed by atoms with E-state index in [1.54, 1.807) is 42.5 Å². The Labute approximate surface area is 192 Å². The number of sulfonamides is 1. The molecule has 4 rings (SSSR count). The second kappa shape index (κ2) is 8.70. The van der Waals surface area contributed by atoms with Crippen LogP contribution in [0.3, 0.4) is 0 Å². The molecular weight excluding hydrogens is 478 g/mol. The highest BCUT2D eigenvalue weighted by atomic mass is 35.5. The average Bonchev–Trinajstić information content (AvgIpc) is 3.19. The van der Waals surface area contributed by atoms with Crippen molar-refractivity contribution >= 4 is 39.1 Å². The average molecular weight is 491 g/mol. The van der Waals surface area contributed by atoms with E-state index in [0.29, 0.717) is 16.3 Å². The molecule has 0 radical (unpaired) electrons. The molecule has 1 N–H and O–H groups in total. The Morgan fingerprint density at radius 3 is 2.34 bits per heavy atom. The van der Waals surface area contributed by atoms with E-state index in [2.05, 4.69) is 10.3 Å². The van der Waals surface area contributed by atoms with Crippen LogP contribution in [0.1, 0.15) is 10.5 Å². The Bertz CT molecular complexity index is 1430. The zero-order valence-electron chi connectivity index (χ0n) is 16.0. The SMILES string of the molecule is O=C(NS(=O)(=O)c1ccccc1F)c1nnn(-c2ccc(Cl)cc2Cl)c1-c1ccccc1. The van der Waals surface area contributed by atoms with Crippen LogP contribution in [-0.2, 0) is 10.0 Å². The summed E-state index contributed by atoms with van der Waals surface area (Å²) in [5.74, 6) is -2.07. The van der Waals surface area contributed by atoms with Gasteiger partial charge in [-0.3, -0.25) is 4.79 Å². The second-order valence-electron chi connectivity index (χ2n) is 6.53. The van der Waals surface area contributed by atoms with Crippen molar-refractivity contribution in [1.82, 2.24) is 19.7 Å². The molecule has 4 aromatic rings. The molecule has 0 aliphatic carbocycles. The third-order valence-corrected chi connectivity index (χ3v) is 6.33. The number of hydrogen-bond donors (Lipinski definition) is 1. The van der Waals surface area contributed by atoms with Crippen molar-refractivity contribution in [2.24, 2.45) is 0 Å². The summed E-state index contributed by atoms with van der Waals surface area (Å²) in [5.41, 5.74) is 0.800. The highest BCUT2D eigenvalue weighted by Crippen LogP contribution is 2.30. The first-order valence-electron chi connectivity index (χ1n) is 9.06. The lowest BCUT2D eigenvalue weighted by atomic mass is 10.1. The minimum Gasteiger partial charge on any atom is -0.266 e.